The number of hydrogen-bond acceptors (Lipinski definition) is 2. The van der Waals surface area contributed by atoms with E-state index < -0.39 is 0 Å². The minimum Gasteiger partial charge on any atom is -0.316 e. The van der Waals surface area contributed by atoms with Crippen molar-refractivity contribution in [3.05, 3.63) is 35.1 Å². The van der Waals surface area contributed by atoms with Gasteiger partial charge in [0, 0.05) is 17.5 Å². The molecule has 1 heterocycles. The Labute approximate surface area is 108 Å². The molecule has 1 fully saturated rings. The number of ketones is 1. The first-order valence-electron chi connectivity index (χ1n) is 6.61. The highest BCUT2D eigenvalue weighted by Crippen LogP contribution is 2.34. The first kappa shape index (κ1) is 13.2. The van der Waals surface area contributed by atoms with E-state index >= 15 is 0 Å². The number of rotatable bonds is 3. The molecule has 0 bridgehead atoms. The fraction of sp³-hybridized carbons (Fsp3) is 0.533. The number of carbonyl (C=O) groups is 1. The van der Waals surface area contributed by atoms with E-state index in [1.54, 1.807) is 6.07 Å². The second-order valence-electron chi connectivity index (χ2n) is 5.20. The maximum absolute atomic E-state index is 13.3. The fourth-order valence-corrected chi connectivity index (χ4v) is 2.75. The lowest BCUT2D eigenvalue weighted by Gasteiger charge is -2.35. The molecule has 1 N–H and O–H groups in total. The summed E-state index contributed by atoms with van der Waals surface area (Å²) in [7, 11) is 0. The van der Waals surface area contributed by atoms with Crippen molar-refractivity contribution >= 4 is 5.78 Å². The van der Waals surface area contributed by atoms with Crippen molar-refractivity contribution in [2.24, 2.45) is 5.41 Å². The van der Waals surface area contributed by atoms with Gasteiger partial charge in [-0.3, -0.25) is 4.79 Å². The van der Waals surface area contributed by atoms with Crippen LogP contribution in [-0.2, 0) is 0 Å². The average molecular weight is 249 g/mol. The maximum atomic E-state index is 13.3. The predicted molar refractivity (Wildman–Crippen MR) is 70.3 cm³/mol. The van der Waals surface area contributed by atoms with Crippen LogP contribution in [-0.4, -0.2) is 18.9 Å². The molecule has 0 saturated carbocycles. The zero-order chi connectivity index (χ0) is 13.2. The number of nitrogens with one attached hydrogen (secondary N) is 1. The molecular formula is C15H20FNO. The second-order valence-corrected chi connectivity index (χ2v) is 5.20. The van der Waals surface area contributed by atoms with Crippen molar-refractivity contribution in [1.29, 1.82) is 0 Å². The highest BCUT2D eigenvalue weighted by Gasteiger charge is 2.38. The maximum Gasteiger partial charge on any atom is 0.170 e. The van der Waals surface area contributed by atoms with E-state index in [9.17, 15) is 9.18 Å². The zero-order valence-corrected chi connectivity index (χ0v) is 11.1. The molecule has 1 unspecified atom stereocenters. The van der Waals surface area contributed by atoms with Crippen LogP contribution in [0.15, 0.2) is 18.2 Å². The highest BCUT2D eigenvalue weighted by molar-refractivity contribution is 6.02. The second kappa shape index (κ2) is 5.19. The molecule has 1 aromatic rings. The quantitative estimate of drug-likeness (QED) is 0.834. The monoisotopic (exact) mass is 249 g/mol. The minimum absolute atomic E-state index is 0.0919. The lowest BCUT2D eigenvalue weighted by Crippen LogP contribution is -2.45. The lowest BCUT2D eigenvalue weighted by molar-refractivity contribution is 0.0729. The van der Waals surface area contributed by atoms with Crippen LogP contribution in [0.1, 0.15) is 42.1 Å². The van der Waals surface area contributed by atoms with Gasteiger partial charge in [0.15, 0.2) is 5.78 Å². The Morgan fingerprint density at radius 3 is 2.89 bits per heavy atom. The largest absolute Gasteiger partial charge is 0.316 e. The number of hydrogen-bond donors (Lipinski definition) is 1. The van der Waals surface area contributed by atoms with Gasteiger partial charge in [0.05, 0.1) is 0 Å². The smallest absolute Gasteiger partial charge is 0.170 e. The number of halogens is 1. The SMILES string of the molecule is CCC1(C(=O)c2cc(F)ccc2C)CCCNC1. The van der Waals surface area contributed by atoms with Crippen LogP contribution in [0.3, 0.4) is 0 Å². The molecular weight excluding hydrogens is 229 g/mol. The van der Waals surface area contributed by atoms with Crippen LogP contribution >= 0.6 is 0 Å². The van der Waals surface area contributed by atoms with Crippen molar-refractivity contribution < 1.29 is 9.18 Å². The number of carbonyl (C=O) groups excluding carboxylic acids is 1. The summed E-state index contributed by atoms with van der Waals surface area (Å²) < 4.78 is 13.3. The average Bonchev–Trinajstić information content (AvgIpc) is 2.41. The van der Waals surface area contributed by atoms with Crippen LogP contribution < -0.4 is 5.32 Å². The van der Waals surface area contributed by atoms with Crippen LogP contribution in [0.25, 0.3) is 0 Å². The van der Waals surface area contributed by atoms with E-state index in [4.69, 9.17) is 0 Å². The third-order valence-electron chi connectivity index (χ3n) is 4.07. The van der Waals surface area contributed by atoms with E-state index in [1.807, 2.05) is 13.8 Å². The normalized spacial score (nSPS) is 23.9. The third-order valence-corrected chi connectivity index (χ3v) is 4.07. The molecule has 2 rings (SSSR count). The molecule has 0 spiro atoms. The van der Waals surface area contributed by atoms with Crippen molar-refractivity contribution in [3.8, 4) is 0 Å². The molecule has 1 saturated heterocycles. The Kier molecular flexibility index (Phi) is 3.81. The van der Waals surface area contributed by atoms with E-state index in [-0.39, 0.29) is 17.0 Å². The van der Waals surface area contributed by atoms with Crippen LogP contribution in [0, 0.1) is 18.2 Å². The first-order chi connectivity index (χ1) is 8.59. The first-order valence-corrected chi connectivity index (χ1v) is 6.61. The molecule has 3 heteroatoms. The van der Waals surface area contributed by atoms with Gasteiger partial charge in [0.1, 0.15) is 5.82 Å². The molecule has 0 radical (unpaired) electrons. The predicted octanol–water partition coefficient (Wildman–Crippen LogP) is 3.10. The summed E-state index contributed by atoms with van der Waals surface area (Å²) in [4.78, 5) is 12.7. The van der Waals surface area contributed by atoms with E-state index in [2.05, 4.69) is 5.32 Å². The van der Waals surface area contributed by atoms with Gasteiger partial charge in [0.2, 0.25) is 0 Å². The summed E-state index contributed by atoms with van der Waals surface area (Å²) in [6.45, 7) is 5.58. The van der Waals surface area contributed by atoms with E-state index in [0.717, 1.165) is 31.4 Å². The van der Waals surface area contributed by atoms with Crippen LogP contribution in [0.2, 0.25) is 0 Å². The molecule has 1 aromatic carbocycles. The highest BCUT2D eigenvalue weighted by atomic mass is 19.1. The number of Topliss-reactive ketones (excluding diaryl/α,β-unsaturated/α-hetero) is 1. The van der Waals surface area contributed by atoms with Crippen molar-refractivity contribution in [3.63, 3.8) is 0 Å². The van der Waals surface area contributed by atoms with Gasteiger partial charge in [-0.1, -0.05) is 13.0 Å². The Bertz CT molecular complexity index is 450. The number of piperidine rings is 1. The summed E-state index contributed by atoms with van der Waals surface area (Å²) in [6.07, 6.45) is 2.70. The van der Waals surface area contributed by atoms with Crippen LogP contribution in [0.5, 0.6) is 0 Å². The van der Waals surface area contributed by atoms with Crippen molar-refractivity contribution in [2.45, 2.75) is 33.1 Å². The van der Waals surface area contributed by atoms with Crippen LogP contribution in [0.4, 0.5) is 4.39 Å². The molecule has 98 valence electrons. The van der Waals surface area contributed by atoms with Gasteiger partial charge in [-0.2, -0.15) is 0 Å². The van der Waals surface area contributed by atoms with Gasteiger partial charge in [-0.25, -0.2) is 4.39 Å². The summed E-state index contributed by atoms with van der Waals surface area (Å²) >= 11 is 0. The van der Waals surface area contributed by atoms with Gasteiger partial charge in [0.25, 0.3) is 0 Å². The molecule has 1 aliphatic heterocycles. The van der Waals surface area contributed by atoms with E-state index in [1.165, 1.54) is 12.1 Å². The Morgan fingerprint density at radius 2 is 2.28 bits per heavy atom. The van der Waals surface area contributed by atoms with Crippen molar-refractivity contribution in [2.75, 3.05) is 13.1 Å². The lowest BCUT2D eigenvalue weighted by atomic mass is 9.72. The fourth-order valence-electron chi connectivity index (χ4n) is 2.75. The van der Waals surface area contributed by atoms with Gasteiger partial charge >= 0.3 is 0 Å². The summed E-state index contributed by atoms with van der Waals surface area (Å²) in [5.41, 5.74) is 1.05. The molecule has 0 amide bonds. The zero-order valence-electron chi connectivity index (χ0n) is 11.1. The minimum atomic E-state index is -0.350. The number of aryl methyl sites for hydroxylation is 1. The summed E-state index contributed by atoms with van der Waals surface area (Å²) in [5.74, 6) is -0.242. The molecule has 0 aliphatic carbocycles. The topological polar surface area (TPSA) is 29.1 Å². The molecule has 1 aliphatic rings. The van der Waals surface area contributed by atoms with Gasteiger partial charge in [-0.15, -0.1) is 0 Å². The van der Waals surface area contributed by atoms with Gasteiger partial charge < -0.3 is 5.32 Å². The molecule has 18 heavy (non-hydrogen) atoms. The molecule has 0 aromatic heterocycles. The Morgan fingerprint density at radius 1 is 1.50 bits per heavy atom. The van der Waals surface area contributed by atoms with E-state index in [0.29, 0.717) is 12.1 Å². The summed E-state index contributed by atoms with van der Waals surface area (Å²) in [5, 5.41) is 3.30. The molecule has 1 atom stereocenters. The Hall–Kier alpha value is -1.22. The number of benzene rings is 1. The van der Waals surface area contributed by atoms with Crippen molar-refractivity contribution in [1.82, 2.24) is 5.32 Å². The van der Waals surface area contributed by atoms with Gasteiger partial charge in [-0.05, 0) is 50.4 Å². The summed E-state index contributed by atoms with van der Waals surface area (Å²) in [6, 6.07) is 4.47. The molecule has 2 nitrogen and oxygen atoms in total. The third kappa shape index (κ3) is 2.32. The Balaban J connectivity index is 2.36. The standard InChI is InChI=1S/C15H20FNO/c1-3-15(7-4-8-17-10-15)14(18)13-9-12(16)6-5-11(13)2/h5-6,9,17H,3-4,7-8,10H2,1-2H3.